The summed E-state index contributed by atoms with van der Waals surface area (Å²) < 4.78 is 5.80. The van der Waals surface area contributed by atoms with Gasteiger partial charge in [0.2, 0.25) is 0 Å². The molecule has 1 aliphatic rings. The Hall–Kier alpha value is -3.72. The van der Waals surface area contributed by atoms with Crippen molar-refractivity contribution >= 4 is 23.1 Å². The smallest absolute Gasteiger partial charge is 0.295 e. The van der Waals surface area contributed by atoms with Crippen LogP contribution in [0.25, 0.3) is 5.76 Å². The van der Waals surface area contributed by atoms with Crippen LogP contribution in [0, 0.1) is 17.0 Å². The summed E-state index contributed by atoms with van der Waals surface area (Å²) in [6.45, 7) is 10.9. The van der Waals surface area contributed by atoms with Crippen LogP contribution in [0.15, 0.2) is 48.0 Å². The first-order valence-electron chi connectivity index (χ1n) is 12.7. The molecule has 1 fully saturated rings. The van der Waals surface area contributed by atoms with E-state index in [4.69, 9.17) is 4.74 Å². The summed E-state index contributed by atoms with van der Waals surface area (Å²) in [5, 5.41) is 22.5. The number of Topliss-reactive ketones (excluding diaryl/α,β-unsaturated/α-hetero) is 1. The Kier molecular flexibility index (Phi) is 9.41. The molecule has 0 unspecified atom stereocenters. The highest BCUT2D eigenvalue weighted by Crippen LogP contribution is 2.40. The summed E-state index contributed by atoms with van der Waals surface area (Å²) in [6, 6.07) is 10.0. The normalized spacial score (nSPS) is 17.0. The number of nitro groups is 1. The van der Waals surface area contributed by atoms with E-state index < -0.39 is 22.7 Å². The molecule has 0 saturated carbocycles. The van der Waals surface area contributed by atoms with Crippen molar-refractivity contribution in [3.05, 3.63) is 74.8 Å². The average molecular weight is 510 g/mol. The molecule has 0 bridgehead atoms. The van der Waals surface area contributed by atoms with Crippen molar-refractivity contribution in [1.29, 1.82) is 0 Å². The first-order valence-corrected chi connectivity index (χ1v) is 12.7. The molecule has 1 N–H and O–H groups in total. The Balaban J connectivity index is 2.06. The largest absolute Gasteiger partial charge is 0.507 e. The predicted octanol–water partition coefficient (Wildman–Crippen LogP) is 4.85. The predicted molar refractivity (Wildman–Crippen MR) is 141 cm³/mol. The Morgan fingerprint density at radius 3 is 2.35 bits per heavy atom. The van der Waals surface area contributed by atoms with Crippen molar-refractivity contribution in [3.8, 4) is 5.75 Å². The number of unbranched alkanes of at least 4 members (excludes halogenated alkanes) is 1. The number of ether oxygens (including phenoxy) is 1. The molecule has 0 aliphatic carbocycles. The van der Waals surface area contributed by atoms with E-state index in [9.17, 15) is 24.8 Å². The molecule has 1 saturated heterocycles. The fraction of sp³-hybridized carbons (Fsp3) is 0.429. The number of carbonyl (C=O) groups is 2. The maximum atomic E-state index is 13.2. The summed E-state index contributed by atoms with van der Waals surface area (Å²) in [5.74, 6) is -1.07. The number of amides is 1. The van der Waals surface area contributed by atoms with E-state index in [2.05, 4.69) is 11.8 Å². The van der Waals surface area contributed by atoms with E-state index in [-0.39, 0.29) is 23.6 Å². The van der Waals surface area contributed by atoms with Gasteiger partial charge in [-0.1, -0.05) is 27.2 Å². The fourth-order valence-electron chi connectivity index (χ4n) is 4.47. The molecule has 0 spiro atoms. The van der Waals surface area contributed by atoms with E-state index in [1.54, 1.807) is 18.2 Å². The molecular formula is C28H35N3O6. The molecule has 0 radical (unpaired) electrons. The van der Waals surface area contributed by atoms with Crippen LogP contribution < -0.4 is 4.74 Å². The van der Waals surface area contributed by atoms with Gasteiger partial charge in [-0.05, 0) is 67.9 Å². The van der Waals surface area contributed by atoms with Gasteiger partial charge in [0.15, 0.2) is 0 Å². The van der Waals surface area contributed by atoms with Gasteiger partial charge in [0.05, 0.1) is 23.1 Å². The number of hydrogen-bond donors (Lipinski definition) is 1. The van der Waals surface area contributed by atoms with Crippen LogP contribution in [0.2, 0.25) is 0 Å². The molecule has 3 rings (SSSR count). The minimum atomic E-state index is -0.864. The minimum absolute atomic E-state index is 0.0301. The summed E-state index contributed by atoms with van der Waals surface area (Å²) in [5.41, 5.74) is 1.58. The number of rotatable bonds is 12. The Bertz CT molecular complexity index is 1170. The van der Waals surface area contributed by atoms with Crippen LogP contribution in [-0.4, -0.2) is 64.3 Å². The summed E-state index contributed by atoms with van der Waals surface area (Å²) in [4.78, 5) is 40.6. The quantitative estimate of drug-likeness (QED) is 0.109. The van der Waals surface area contributed by atoms with Gasteiger partial charge in [-0.3, -0.25) is 19.7 Å². The molecule has 2 aromatic carbocycles. The van der Waals surface area contributed by atoms with Gasteiger partial charge in [0.25, 0.3) is 17.4 Å². The monoisotopic (exact) mass is 509 g/mol. The van der Waals surface area contributed by atoms with Crippen LogP contribution in [0.5, 0.6) is 5.75 Å². The molecule has 1 heterocycles. The first kappa shape index (κ1) is 27.9. The third-order valence-electron chi connectivity index (χ3n) is 6.71. The average Bonchev–Trinajstić information content (AvgIpc) is 3.15. The van der Waals surface area contributed by atoms with Crippen LogP contribution in [0.3, 0.4) is 0 Å². The van der Waals surface area contributed by atoms with Crippen molar-refractivity contribution in [1.82, 2.24) is 9.80 Å². The van der Waals surface area contributed by atoms with Crippen LogP contribution in [-0.2, 0) is 9.59 Å². The van der Waals surface area contributed by atoms with Gasteiger partial charge >= 0.3 is 0 Å². The van der Waals surface area contributed by atoms with Crippen LogP contribution >= 0.6 is 0 Å². The second kappa shape index (κ2) is 12.5. The van der Waals surface area contributed by atoms with E-state index in [1.165, 1.54) is 29.2 Å². The van der Waals surface area contributed by atoms with Gasteiger partial charge in [0.1, 0.15) is 11.5 Å². The van der Waals surface area contributed by atoms with Gasteiger partial charge in [-0.15, -0.1) is 0 Å². The molecule has 37 heavy (non-hydrogen) atoms. The highest BCUT2D eigenvalue weighted by atomic mass is 16.6. The number of hydrogen-bond acceptors (Lipinski definition) is 7. The van der Waals surface area contributed by atoms with Crippen molar-refractivity contribution in [3.63, 3.8) is 0 Å². The lowest BCUT2D eigenvalue weighted by Crippen LogP contribution is -2.38. The number of nitrogens with zero attached hydrogens (tertiary/aromatic N) is 3. The maximum Gasteiger partial charge on any atom is 0.295 e. The SMILES string of the molecule is CCCCOc1ccc(/C(O)=C2\C(=O)C(=O)N(CCN(CC)CC)[C@@H]2c2ccc([N+](=O)[O-])cc2)cc1C. The van der Waals surface area contributed by atoms with Crippen molar-refractivity contribution < 1.29 is 24.4 Å². The Labute approximate surface area is 217 Å². The van der Waals surface area contributed by atoms with Gasteiger partial charge in [0, 0.05) is 30.8 Å². The zero-order chi connectivity index (χ0) is 27.1. The topological polar surface area (TPSA) is 113 Å². The molecule has 198 valence electrons. The van der Waals surface area contributed by atoms with Crippen molar-refractivity contribution in [2.45, 2.75) is 46.6 Å². The number of ketones is 1. The molecule has 9 heteroatoms. The van der Waals surface area contributed by atoms with Crippen molar-refractivity contribution in [2.75, 3.05) is 32.8 Å². The molecule has 1 atom stereocenters. The Morgan fingerprint density at radius 1 is 1.11 bits per heavy atom. The lowest BCUT2D eigenvalue weighted by Gasteiger charge is -2.28. The minimum Gasteiger partial charge on any atom is -0.507 e. The second-order valence-corrected chi connectivity index (χ2v) is 9.05. The zero-order valence-corrected chi connectivity index (χ0v) is 21.9. The number of aliphatic hydroxyl groups is 1. The Morgan fingerprint density at radius 2 is 1.78 bits per heavy atom. The third kappa shape index (κ3) is 6.17. The lowest BCUT2D eigenvalue weighted by atomic mass is 9.94. The summed E-state index contributed by atoms with van der Waals surface area (Å²) in [7, 11) is 0. The molecule has 2 aromatic rings. The third-order valence-corrected chi connectivity index (χ3v) is 6.71. The molecular weight excluding hydrogens is 474 g/mol. The summed E-state index contributed by atoms with van der Waals surface area (Å²) >= 11 is 0. The number of nitro benzene ring substituents is 1. The van der Waals surface area contributed by atoms with E-state index in [0.29, 0.717) is 30.0 Å². The van der Waals surface area contributed by atoms with Crippen LogP contribution in [0.4, 0.5) is 5.69 Å². The number of non-ortho nitro benzene ring substituents is 1. The van der Waals surface area contributed by atoms with Gasteiger partial charge in [-0.25, -0.2) is 0 Å². The number of likely N-dealkylation sites (N-methyl/N-ethyl adjacent to an activating group) is 1. The number of benzene rings is 2. The highest BCUT2D eigenvalue weighted by Gasteiger charge is 2.46. The van der Waals surface area contributed by atoms with Crippen molar-refractivity contribution in [2.24, 2.45) is 0 Å². The molecule has 1 aliphatic heterocycles. The van der Waals surface area contributed by atoms with Gasteiger partial charge in [-0.2, -0.15) is 0 Å². The fourth-order valence-corrected chi connectivity index (χ4v) is 4.47. The number of aryl methyl sites for hydroxylation is 1. The standard InChI is InChI=1S/C28H35N3O6/c1-5-8-17-37-23-14-11-21(18-19(23)4)26(32)24-25(20-9-12-22(13-10-20)31(35)36)30(28(34)27(24)33)16-15-29(6-2)7-3/h9-14,18,25,32H,5-8,15-17H2,1-4H3/b26-24+/t25-/m1/s1. The van der Waals surface area contributed by atoms with E-state index >= 15 is 0 Å². The molecule has 9 nitrogen and oxygen atoms in total. The van der Waals surface area contributed by atoms with Crippen LogP contribution in [0.1, 0.15) is 56.3 Å². The zero-order valence-electron chi connectivity index (χ0n) is 21.9. The number of carbonyl (C=O) groups excluding carboxylic acids is 2. The van der Waals surface area contributed by atoms with E-state index in [1.807, 2.05) is 20.8 Å². The maximum absolute atomic E-state index is 13.2. The summed E-state index contributed by atoms with van der Waals surface area (Å²) in [6.07, 6.45) is 1.93. The molecule has 0 aromatic heterocycles. The van der Waals surface area contributed by atoms with Gasteiger partial charge < -0.3 is 19.6 Å². The molecule has 1 amide bonds. The number of likely N-dealkylation sites (tertiary alicyclic amines) is 1. The van der Waals surface area contributed by atoms with E-state index in [0.717, 1.165) is 31.5 Å². The lowest BCUT2D eigenvalue weighted by molar-refractivity contribution is -0.384. The second-order valence-electron chi connectivity index (χ2n) is 9.05. The number of aliphatic hydroxyl groups excluding tert-OH is 1. The highest BCUT2D eigenvalue weighted by molar-refractivity contribution is 6.46. The first-order chi connectivity index (χ1) is 17.7.